The van der Waals surface area contributed by atoms with E-state index in [0.717, 1.165) is 23.2 Å². The molecule has 1 heterocycles. The average Bonchev–Trinajstić information content (AvgIpc) is 2.70. The first-order valence-corrected chi connectivity index (χ1v) is 5.96. The smallest absolute Gasteiger partial charge is 0.109 e. The van der Waals surface area contributed by atoms with E-state index in [-0.39, 0.29) is 0 Å². The predicted octanol–water partition coefficient (Wildman–Crippen LogP) is 2.72. The molecule has 0 spiro atoms. The lowest BCUT2D eigenvalue weighted by molar-refractivity contribution is 0.219. The van der Waals surface area contributed by atoms with E-state index in [4.69, 9.17) is 11.6 Å². The molecule has 3 nitrogen and oxygen atoms in total. The molecule has 1 atom stereocenters. The Bertz CT molecular complexity index is 522. The fourth-order valence-corrected chi connectivity index (χ4v) is 2.16. The number of aryl methyl sites for hydroxylation is 2. The van der Waals surface area contributed by atoms with E-state index in [1.54, 1.807) is 10.7 Å². The Hall–Kier alpha value is -1.32. The molecule has 0 radical (unpaired) electrons. The van der Waals surface area contributed by atoms with Gasteiger partial charge in [0.25, 0.3) is 0 Å². The van der Waals surface area contributed by atoms with Crippen molar-refractivity contribution >= 4 is 11.6 Å². The highest BCUT2D eigenvalue weighted by Gasteiger charge is 2.18. The van der Waals surface area contributed by atoms with Crippen LogP contribution in [0.25, 0.3) is 0 Å². The van der Waals surface area contributed by atoms with Crippen LogP contribution in [0.2, 0.25) is 5.02 Å². The zero-order valence-corrected chi connectivity index (χ0v) is 10.6. The summed E-state index contributed by atoms with van der Waals surface area (Å²) in [5.41, 5.74) is 2.44. The third kappa shape index (κ3) is 2.35. The molecule has 90 valence electrons. The van der Waals surface area contributed by atoms with Crippen LogP contribution in [-0.4, -0.2) is 14.9 Å². The van der Waals surface area contributed by atoms with Gasteiger partial charge in [0.1, 0.15) is 6.10 Å². The van der Waals surface area contributed by atoms with E-state index in [1.807, 2.05) is 38.4 Å². The summed E-state index contributed by atoms with van der Waals surface area (Å²) in [6.07, 6.45) is 1.91. The number of aliphatic hydroxyl groups excluding tert-OH is 1. The van der Waals surface area contributed by atoms with E-state index in [1.165, 1.54) is 0 Å². The average molecular weight is 251 g/mol. The Morgan fingerprint density at radius 3 is 2.71 bits per heavy atom. The Kier molecular flexibility index (Phi) is 3.50. The van der Waals surface area contributed by atoms with Crippen molar-refractivity contribution < 1.29 is 5.11 Å². The molecule has 0 saturated heterocycles. The van der Waals surface area contributed by atoms with Gasteiger partial charge < -0.3 is 5.11 Å². The third-order valence-electron chi connectivity index (χ3n) is 2.77. The van der Waals surface area contributed by atoms with Gasteiger partial charge in [-0.05, 0) is 12.5 Å². The molecule has 1 unspecified atom stereocenters. The van der Waals surface area contributed by atoms with Gasteiger partial charge in [-0.3, -0.25) is 4.68 Å². The Morgan fingerprint density at radius 1 is 1.35 bits per heavy atom. The quantitative estimate of drug-likeness (QED) is 0.910. The standard InChI is InChI=1S/C13H15ClN2O/c1-3-12-10(8-16(2)15-12)13(17)9-6-4-5-7-11(9)14/h4-8,13,17H,3H2,1-2H3. The monoisotopic (exact) mass is 250 g/mol. The molecular weight excluding hydrogens is 236 g/mol. The van der Waals surface area contributed by atoms with Crippen molar-refractivity contribution in [2.75, 3.05) is 0 Å². The van der Waals surface area contributed by atoms with Crippen LogP contribution in [0.4, 0.5) is 0 Å². The fraction of sp³-hybridized carbons (Fsp3) is 0.308. The lowest BCUT2D eigenvalue weighted by Gasteiger charge is -2.12. The molecule has 0 saturated carbocycles. The van der Waals surface area contributed by atoms with Gasteiger partial charge in [-0.25, -0.2) is 0 Å². The number of hydrogen-bond donors (Lipinski definition) is 1. The van der Waals surface area contributed by atoms with Crippen molar-refractivity contribution in [2.45, 2.75) is 19.4 Å². The van der Waals surface area contributed by atoms with Crippen LogP contribution in [0.1, 0.15) is 29.8 Å². The number of nitrogens with zero attached hydrogens (tertiary/aromatic N) is 2. The zero-order chi connectivity index (χ0) is 12.4. The van der Waals surface area contributed by atoms with Crippen LogP contribution in [0.3, 0.4) is 0 Å². The fourth-order valence-electron chi connectivity index (χ4n) is 1.92. The molecule has 17 heavy (non-hydrogen) atoms. The largest absolute Gasteiger partial charge is 0.383 e. The predicted molar refractivity (Wildman–Crippen MR) is 68.1 cm³/mol. The summed E-state index contributed by atoms with van der Waals surface area (Å²) in [7, 11) is 1.85. The Labute approximate surface area is 106 Å². The second-order valence-corrected chi connectivity index (χ2v) is 4.39. The van der Waals surface area contributed by atoms with Gasteiger partial charge in [-0.2, -0.15) is 5.10 Å². The van der Waals surface area contributed by atoms with Crippen LogP contribution in [0.5, 0.6) is 0 Å². The summed E-state index contributed by atoms with van der Waals surface area (Å²) >= 11 is 6.08. The topological polar surface area (TPSA) is 38.0 Å². The van der Waals surface area contributed by atoms with E-state index < -0.39 is 6.10 Å². The van der Waals surface area contributed by atoms with E-state index in [9.17, 15) is 5.11 Å². The van der Waals surface area contributed by atoms with Crippen LogP contribution in [0, 0.1) is 0 Å². The maximum Gasteiger partial charge on any atom is 0.109 e. The number of halogens is 1. The van der Waals surface area contributed by atoms with Crippen LogP contribution in [0.15, 0.2) is 30.5 Å². The van der Waals surface area contributed by atoms with Gasteiger partial charge in [-0.1, -0.05) is 36.7 Å². The first-order valence-electron chi connectivity index (χ1n) is 5.58. The highest BCUT2D eigenvalue weighted by atomic mass is 35.5. The molecule has 0 bridgehead atoms. The Balaban J connectivity index is 2.43. The minimum atomic E-state index is -0.715. The SMILES string of the molecule is CCc1nn(C)cc1C(O)c1ccccc1Cl. The number of rotatable bonds is 3. The van der Waals surface area contributed by atoms with Crippen LogP contribution >= 0.6 is 11.6 Å². The number of benzene rings is 1. The maximum atomic E-state index is 10.4. The second kappa shape index (κ2) is 4.90. The first kappa shape index (κ1) is 12.1. The normalized spacial score (nSPS) is 12.7. The summed E-state index contributed by atoms with van der Waals surface area (Å²) in [4.78, 5) is 0. The van der Waals surface area contributed by atoms with Gasteiger partial charge in [0.05, 0.1) is 5.69 Å². The Morgan fingerprint density at radius 2 is 2.06 bits per heavy atom. The van der Waals surface area contributed by atoms with Gasteiger partial charge in [0, 0.05) is 29.4 Å². The number of hydrogen-bond acceptors (Lipinski definition) is 2. The second-order valence-electron chi connectivity index (χ2n) is 3.98. The summed E-state index contributed by atoms with van der Waals surface area (Å²) in [5.74, 6) is 0. The van der Waals surface area contributed by atoms with E-state index >= 15 is 0 Å². The molecule has 0 fully saturated rings. The zero-order valence-electron chi connectivity index (χ0n) is 9.89. The highest BCUT2D eigenvalue weighted by molar-refractivity contribution is 6.31. The number of aliphatic hydroxyl groups is 1. The molecule has 1 N–H and O–H groups in total. The summed E-state index contributed by atoms with van der Waals surface area (Å²) < 4.78 is 1.72. The molecule has 2 aromatic rings. The highest BCUT2D eigenvalue weighted by Crippen LogP contribution is 2.29. The molecule has 1 aromatic heterocycles. The van der Waals surface area contributed by atoms with E-state index in [0.29, 0.717) is 5.02 Å². The maximum absolute atomic E-state index is 10.4. The first-order chi connectivity index (χ1) is 8.13. The molecule has 4 heteroatoms. The van der Waals surface area contributed by atoms with Crippen molar-refractivity contribution in [1.82, 2.24) is 9.78 Å². The third-order valence-corrected chi connectivity index (χ3v) is 3.11. The van der Waals surface area contributed by atoms with Gasteiger partial charge in [-0.15, -0.1) is 0 Å². The van der Waals surface area contributed by atoms with Gasteiger partial charge >= 0.3 is 0 Å². The minimum Gasteiger partial charge on any atom is -0.383 e. The van der Waals surface area contributed by atoms with Gasteiger partial charge in [0.2, 0.25) is 0 Å². The molecule has 0 aliphatic rings. The molecule has 0 aliphatic heterocycles. The molecule has 0 aliphatic carbocycles. The molecule has 1 aromatic carbocycles. The molecule has 2 rings (SSSR count). The summed E-state index contributed by atoms with van der Waals surface area (Å²) in [6, 6.07) is 7.33. The summed E-state index contributed by atoms with van der Waals surface area (Å²) in [5, 5.41) is 15.3. The van der Waals surface area contributed by atoms with Crippen molar-refractivity contribution in [3.63, 3.8) is 0 Å². The van der Waals surface area contributed by atoms with Crippen molar-refractivity contribution in [3.05, 3.63) is 52.3 Å². The van der Waals surface area contributed by atoms with Crippen LogP contribution in [-0.2, 0) is 13.5 Å². The van der Waals surface area contributed by atoms with Crippen molar-refractivity contribution in [1.29, 1.82) is 0 Å². The number of aromatic nitrogens is 2. The van der Waals surface area contributed by atoms with Crippen molar-refractivity contribution in [3.8, 4) is 0 Å². The van der Waals surface area contributed by atoms with Gasteiger partial charge in [0.15, 0.2) is 0 Å². The lowest BCUT2D eigenvalue weighted by atomic mass is 10.0. The minimum absolute atomic E-state index is 0.575. The molecule has 0 amide bonds. The van der Waals surface area contributed by atoms with E-state index in [2.05, 4.69) is 5.10 Å². The van der Waals surface area contributed by atoms with Crippen molar-refractivity contribution in [2.24, 2.45) is 7.05 Å². The molecular formula is C13H15ClN2O. The van der Waals surface area contributed by atoms with Crippen LogP contribution < -0.4 is 0 Å². The summed E-state index contributed by atoms with van der Waals surface area (Å²) in [6.45, 7) is 2.02. The lowest BCUT2D eigenvalue weighted by Crippen LogP contribution is -2.02.